The van der Waals surface area contributed by atoms with E-state index in [0.717, 1.165) is 0 Å². The molecule has 1 amide bonds. The van der Waals surface area contributed by atoms with Crippen molar-refractivity contribution in [2.45, 2.75) is 0 Å². The first-order valence-electron chi connectivity index (χ1n) is 5.91. The minimum absolute atomic E-state index is 0.0610. The minimum Gasteiger partial charge on any atom is -0.495 e. The van der Waals surface area contributed by atoms with Gasteiger partial charge in [-0.1, -0.05) is 6.07 Å². The molecule has 2 rings (SSSR count). The number of amides is 1. The van der Waals surface area contributed by atoms with Gasteiger partial charge in [0.2, 0.25) is 0 Å². The summed E-state index contributed by atoms with van der Waals surface area (Å²) in [5.41, 5.74) is 0.821. The molecule has 0 aliphatic rings. The zero-order valence-electron chi connectivity index (χ0n) is 11.0. The summed E-state index contributed by atoms with van der Waals surface area (Å²) in [4.78, 5) is 22.2. The Morgan fingerprint density at radius 3 is 2.48 bits per heavy atom. The molecule has 0 radical (unpaired) electrons. The van der Waals surface area contributed by atoms with Crippen LogP contribution in [0.5, 0.6) is 5.75 Å². The number of hydrogen-bond donors (Lipinski definition) is 1. The minimum atomic E-state index is -0.514. The predicted molar refractivity (Wildman–Crippen MR) is 81.7 cm³/mol. The van der Waals surface area contributed by atoms with Gasteiger partial charge in [0.05, 0.1) is 22.2 Å². The highest BCUT2D eigenvalue weighted by atomic mass is 79.9. The average molecular weight is 351 g/mol. The van der Waals surface area contributed by atoms with E-state index in [0.29, 0.717) is 21.5 Å². The van der Waals surface area contributed by atoms with Gasteiger partial charge < -0.3 is 10.1 Å². The number of halogens is 1. The van der Waals surface area contributed by atoms with Crippen molar-refractivity contribution in [1.29, 1.82) is 0 Å². The summed E-state index contributed by atoms with van der Waals surface area (Å²) in [5, 5.41) is 13.3. The Morgan fingerprint density at radius 1 is 1.24 bits per heavy atom. The van der Waals surface area contributed by atoms with Gasteiger partial charge in [-0.2, -0.15) is 0 Å². The molecule has 0 atom stereocenters. The molecule has 0 saturated carbocycles. The lowest BCUT2D eigenvalue weighted by Crippen LogP contribution is -2.12. The van der Waals surface area contributed by atoms with Gasteiger partial charge in [-0.15, -0.1) is 0 Å². The lowest BCUT2D eigenvalue weighted by Gasteiger charge is -2.10. The lowest BCUT2D eigenvalue weighted by atomic mass is 10.2. The first-order valence-corrected chi connectivity index (χ1v) is 6.70. The van der Waals surface area contributed by atoms with Gasteiger partial charge in [0.15, 0.2) is 0 Å². The highest BCUT2D eigenvalue weighted by Crippen LogP contribution is 2.32. The lowest BCUT2D eigenvalue weighted by molar-refractivity contribution is -0.384. The van der Waals surface area contributed by atoms with Gasteiger partial charge in [0.25, 0.3) is 11.6 Å². The third-order valence-corrected chi connectivity index (χ3v) is 3.59. The van der Waals surface area contributed by atoms with Gasteiger partial charge in [0.1, 0.15) is 5.75 Å². The Labute approximate surface area is 129 Å². The highest BCUT2D eigenvalue weighted by molar-refractivity contribution is 9.10. The van der Waals surface area contributed by atoms with Crippen LogP contribution in [0.2, 0.25) is 0 Å². The molecule has 0 aliphatic heterocycles. The summed E-state index contributed by atoms with van der Waals surface area (Å²) in [6.45, 7) is 0. The van der Waals surface area contributed by atoms with Crippen LogP contribution < -0.4 is 10.1 Å². The standard InChI is InChI=1S/C14H11BrN2O4/c1-21-12-4-2-3-11(13(12)15)16-14(18)9-5-7-10(8-6-9)17(19)20/h2-8H,1H3,(H,16,18). The van der Waals surface area contributed by atoms with Gasteiger partial charge >= 0.3 is 0 Å². The maximum absolute atomic E-state index is 12.1. The van der Waals surface area contributed by atoms with E-state index in [4.69, 9.17) is 4.74 Å². The number of nitrogens with one attached hydrogen (secondary N) is 1. The number of carbonyl (C=O) groups is 1. The van der Waals surface area contributed by atoms with Crippen molar-refractivity contribution in [3.05, 3.63) is 62.6 Å². The molecule has 0 saturated heterocycles. The maximum Gasteiger partial charge on any atom is 0.269 e. The summed E-state index contributed by atoms with van der Waals surface area (Å²) in [5.74, 6) is 0.232. The molecule has 0 unspecified atom stereocenters. The van der Waals surface area contributed by atoms with Crippen LogP contribution in [0, 0.1) is 10.1 Å². The molecule has 7 heteroatoms. The summed E-state index contributed by atoms with van der Waals surface area (Å²) in [7, 11) is 1.53. The number of hydrogen-bond acceptors (Lipinski definition) is 4. The number of rotatable bonds is 4. The third-order valence-electron chi connectivity index (χ3n) is 2.77. The molecular weight excluding hydrogens is 340 g/mol. The first kappa shape index (κ1) is 15.0. The highest BCUT2D eigenvalue weighted by Gasteiger charge is 2.12. The number of ether oxygens (including phenoxy) is 1. The number of nitro benzene ring substituents is 1. The third kappa shape index (κ3) is 3.38. The number of carbonyl (C=O) groups excluding carboxylic acids is 1. The molecule has 2 aromatic carbocycles. The number of methoxy groups -OCH3 is 1. The molecule has 2 aromatic rings. The fourth-order valence-electron chi connectivity index (χ4n) is 1.69. The number of benzene rings is 2. The zero-order valence-corrected chi connectivity index (χ0v) is 12.6. The SMILES string of the molecule is COc1cccc(NC(=O)c2ccc([N+](=O)[O-])cc2)c1Br. The van der Waals surface area contributed by atoms with Gasteiger partial charge in [-0.3, -0.25) is 14.9 Å². The Morgan fingerprint density at radius 2 is 1.90 bits per heavy atom. The van der Waals surface area contributed by atoms with Gasteiger partial charge in [-0.05, 0) is 40.2 Å². The number of non-ortho nitro benzene ring substituents is 1. The van der Waals surface area contributed by atoms with E-state index in [1.54, 1.807) is 18.2 Å². The van der Waals surface area contributed by atoms with E-state index in [9.17, 15) is 14.9 Å². The molecule has 1 N–H and O–H groups in total. The van der Waals surface area contributed by atoms with Gasteiger partial charge in [-0.25, -0.2) is 0 Å². The van der Waals surface area contributed by atoms with E-state index in [2.05, 4.69) is 21.2 Å². The number of nitro groups is 1. The Bertz CT molecular complexity index is 686. The summed E-state index contributed by atoms with van der Waals surface area (Å²) in [6.07, 6.45) is 0. The average Bonchev–Trinajstić information content (AvgIpc) is 2.49. The van der Waals surface area contributed by atoms with Crippen LogP contribution >= 0.6 is 15.9 Å². The van der Waals surface area contributed by atoms with Crippen LogP contribution in [0.15, 0.2) is 46.9 Å². The van der Waals surface area contributed by atoms with Crippen LogP contribution in [0.3, 0.4) is 0 Å². The summed E-state index contributed by atoms with van der Waals surface area (Å²) < 4.78 is 5.77. The van der Waals surface area contributed by atoms with E-state index >= 15 is 0 Å². The molecular formula is C14H11BrN2O4. The normalized spacial score (nSPS) is 10.0. The summed E-state index contributed by atoms with van der Waals surface area (Å²) >= 11 is 3.34. The molecule has 0 spiro atoms. The van der Waals surface area contributed by atoms with Crippen LogP contribution in [-0.4, -0.2) is 17.9 Å². The Hall–Kier alpha value is -2.41. The maximum atomic E-state index is 12.1. The Kier molecular flexibility index (Phi) is 4.54. The van der Waals surface area contributed by atoms with Gasteiger partial charge in [0, 0.05) is 17.7 Å². The van der Waals surface area contributed by atoms with Crippen molar-refractivity contribution in [3.63, 3.8) is 0 Å². The molecule has 0 fully saturated rings. The number of nitrogens with zero attached hydrogens (tertiary/aromatic N) is 1. The second kappa shape index (κ2) is 6.36. The second-order valence-electron chi connectivity index (χ2n) is 4.08. The van der Waals surface area contributed by atoms with Crippen molar-refractivity contribution in [3.8, 4) is 5.75 Å². The molecule has 6 nitrogen and oxygen atoms in total. The second-order valence-corrected chi connectivity index (χ2v) is 4.87. The molecule has 0 bridgehead atoms. The van der Waals surface area contributed by atoms with Crippen LogP contribution in [-0.2, 0) is 0 Å². The summed E-state index contributed by atoms with van der Waals surface area (Å²) in [6, 6.07) is 10.6. The molecule has 0 aromatic heterocycles. The van der Waals surface area contributed by atoms with Crippen molar-refractivity contribution in [2.24, 2.45) is 0 Å². The fraction of sp³-hybridized carbons (Fsp3) is 0.0714. The topological polar surface area (TPSA) is 81.5 Å². The quantitative estimate of drug-likeness (QED) is 0.674. The largest absolute Gasteiger partial charge is 0.495 e. The van der Waals surface area contributed by atoms with Crippen molar-refractivity contribution < 1.29 is 14.5 Å². The van der Waals surface area contributed by atoms with Crippen molar-refractivity contribution in [1.82, 2.24) is 0 Å². The van der Waals surface area contributed by atoms with Crippen LogP contribution in [0.1, 0.15) is 10.4 Å². The number of anilines is 1. The van der Waals surface area contributed by atoms with Crippen LogP contribution in [0.25, 0.3) is 0 Å². The van der Waals surface area contributed by atoms with Crippen molar-refractivity contribution >= 4 is 33.2 Å². The molecule has 0 heterocycles. The molecule has 108 valence electrons. The van der Waals surface area contributed by atoms with Crippen LogP contribution in [0.4, 0.5) is 11.4 Å². The Balaban J connectivity index is 2.20. The first-order chi connectivity index (χ1) is 10.0. The van der Waals surface area contributed by atoms with E-state index < -0.39 is 4.92 Å². The van der Waals surface area contributed by atoms with E-state index in [1.165, 1.54) is 31.4 Å². The molecule has 21 heavy (non-hydrogen) atoms. The zero-order chi connectivity index (χ0) is 15.4. The van der Waals surface area contributed by atoms with E-state index in [-0.39, 0.29) is 11.6 Å². The fourth-order valence-corrected chi connectivity index (χ4v) is 2.22. The van der Waals surface area contributed by atoms with Crippen molar-refractivity contribution in [2.75, 3.05) is 12.4 Å². The molecule has 0 aliphatic carbocycles. The van der Waals surface area contributed by atoms with E-state index in [1.807, 2.05) is 0 Å². The predicted octanol–water partition coefficient (Wildman–Crippen LogP) is 3.62. The monoisotopic (exact) mass is 350 g/mol. The smallest absolute Gasteiger partial charge is 0.269 e.